The zero-order valence-electron chi connectivity index (χ0n) is 14.8. The van der Waals surface area contributed by atoms with E-state index in [2.05, 4.69) is 20.2 Å². The Morgan fingerprint density at radius 3 is 3.08 bits per heavy atom. The number of nitrogens with zero attached hydrogens (tertiary/aromatic N) is 3. The number of aryl methyl sites for hydroxylation is 1. The smallest absolute Gasteiger partial charge is 0.231 e. The minimum atomic E-state index is -0.0538. The molecule has 2 aliphatic heterocycles. The molecule has 3 heterocycles. The van der Waals surface area contributed by atoms with Crippen molar-refractivity contribution in [3.05, 3.63) is 41.7 Å². The Balaban J connectivity index is 1.35. The van der Waals surface area contributed by atoms with E-state index < -0.39 is 0 Å². The van der Waals surface area contributed by atoms with Gasteiger partial charge >= 0.3 is 0 Å². The lowest BCUT2D eigenvalue weighted by Crippen LogP contribution is -2.43. The summed E-state index contributed by atoms with van der Waals surface area (Å²) in [5, 5.41) is 3.04. The molecule has 0 bridgehead atoms. The molecule has 1 aromatic heterocycles. The van der Waals surface area contributed by atoms with Crippen LogP contribution < -0.4 is 19.7 Å². The summed E-state index contributed by atoms with van der Waals surface area (Å²) in [4.78, 5) is 23.5. The third kappa shape index (κ3) is 3.56. The molecule has 1 atom stereocenters. The molecule has 0 radical (unpaired) electrons. The molecule has 7 nitrogen and oxygen atoms in total. The highest BCUT2D eigenvalue weighted by Gasteiger charge is 2.27. The largest absolute Gasteiger partial charge is 0.454 e. The van der Waals surface area contributed by atoms with Crippen molar-refractivity contribution in [2.45, 2.75) is 26.3 Å². The zero-order valence-corrected chi connectivity index (χ0v) is 14.8. The number of ether oxygens (including phenoxy) is 2. The number of anilines is 1. The molecule has 2 aromatic rings. The average Bonchev–Trinajstić information content (AvgIpc) is 3.14. The van der Waals surface area contributed by atoms with E-state index >= 15 is 0 Å². The standard InChI is InChI=1S/C19H22N4O3/c1-13-6-7-20-19(22-13)23-8-2-3-15(11-23)18(24)21-10-14-4-5-16-17(9-14)26-12-25-16/h4-7,9,15H,2-3,8,10-12H2,1H3,(H,21,24). The molecule has 1 amide bonds. The Morgan fingerprint density at radius 1 is 1.31 bits per heavy atom. The van der Waals surface area contributed by atoms with Crippen LogP contribution in [0.25, 0.3) is 0 Å². The average molecular weight is 354 g/mol. The molecule has 4 rings (SSSR count). The lowest BCUT2D eigenvalue weighted by Gasteiger charge is -2.32. The Morgan fingerprint density at radius 2 is 2.19 bits per heavy atom. The maximum atomic E-state index is 12.6. The molecular weight excluding hydrogens is 332 g/mol. The Kier molecular flexibility index (Phi) is 4.60. The van der Waals surface area contributed by atoms with E-state index in [1.165, 1.54) is 0 Å². The lowest BCUT2D eigenvalue weighted by atomic mass is 9.97. The third-order valence-electron chi connectivity index (χ3n) is 4.76. The van der Waals surface area contributed by atoms with Crippen molar-refractivity contribution in [3.63, 3.8) is 0 Å². The van der Waals surface area contributed by atoms with Crippen LogP contribution in [-0.2, 0) is 11.3 Å². The number of nitrogens with one attached hydrogen (secondary N) is 1. The first kappa shape index (κ1) is 16.6. The van der Waals surface area contributed by atoms with Crippen LogP contribution in [0, 0.1) is 12.8 Å². The fourth-order valence-electron chi connectivity index (χ4n) is 3.35. The van der Waals surface area contributed by atoms with Crippen molar-refractivity contribution in [2.75, 3.05) is 24.8 Å². The maximum absolute atomic E-state index is 12.6. The van der Waals surface area contributed by atoms with Gasteiger partial charge in [-0.15, -0.1) is 0 Å². The maximum Gasteiger partial charge on any atom is 0.231 e. The summed E-state index contributed by atoms with van der Waals surface area (Å²) in [5.41, 5.74) is 1.93. The first-order chi connectivity index (χ1) is 12.7. The third-order valence-corrected chi connectivity index (χ3v) is 4.76. The van der Waals surface area contributed by atoms with Gasteiger partial charge in [0.25, 0.3) is 0 Å². The number of hydrogen-bond donors (Lipinski definition) is 1. The van der Waals surface area contributed by atoms with E-state index in [0.29, 0.717) is 19.0 Å². The van der Waals surface area contributed by atoms with Gasteiger partial charge in [-0.3, -0.25) is 4.79 Å². The predicted molar refractivity (Wildman–Crippen MR) is 96.1 cm³/mol. The summed E-state index contributed by atoms with van der Waals surface area (Å²) < 4.78 is 10.7. The van der Waals surface area contributed by atoms with Crippen molar-refractivity contribution in [2.24, 2.45) is 5.92 Å². The lowest BCUT2D eigenvalue weighted by molar-refractivity contribution is -0.125. The van der Waals surface area contributed by atoms with E-state index in [-0.39, 0.29) is 18.6 Å². The van der Waals surface area contributed by atoms with Crippen LogP contribution in [-0.4, -0.2) is 35.8 Å². The summed E-state index contributed by atoms with van der Waals surface area (Å²) in [6.45, 7) is 4.22. The van der Waals surface area contributed by atoms with Crippen LogP contribution in [0.3, 0.4) is 0 Å². The molecule has 1 N–H and O–H groups in total. The van der Waals surface area contributed by atoms with Gasteiger partial charge in [-0.1, -0.05) is 6.07 Å². The highest BCUT2D eigenvalue weighted by molar-refractivity contribution is 5.79. The number of carbonyl (C=O) groups is 1. The first-order valence-electron chi connectivity index (χ1n) is 8.90. The van der Waals surface area contributed by atoms with E-state index in [1.54, 1.807) is 6.20 Å². The molecule has 1 saturated heterocycles. The Labute approximate surface area is 152 Å². The van der Waals surface area contributed by atoms with Crippen molar-refractivity contribution in [1.82, 2.24) is 15.3 Å². The van der Waals surface area contributed by atoms with Crippen molar-refractivity contribution in [3.8, 4) is 11.5 Å². The Hall–Kier alpha value is -2.83. The van der Waals surface area contributed by atoms with Crippen LogP contribution in [0.15, 0.2) is 30.5 Å². The molecule has 26 heavy (non-hydrogen) atoms. The number of carbonyl (C=O) groups excluding carboxylic acids is 1. The number of hydrogen-bond acceptors (Lipinski definition) is 6. The van der Waals surface area contributed by atoms with Crippen LogP contribution >= 0.6 is 0 Å². The van der Waals surface area contributed by atoms with Crippen LogP contribution in [0.5, 0.6) is 11.5 Å². The second-order valence-electron chi connectivity index (χ2n) is 6.69. The van der Waals surface area contributed by atoms with Crippen molar-refractivity contribution in [1.29, 1.82) is 0 Å². The van der Waals surface area contributed by atoms with Gasteiger partial charge in [-0.05, 0) is 43.5 Å². The van der Waals surface area contributed by atoms with E-state index in [9.17, 15) is 4.79 Å². The Bertz CT molecular complexity index is 811. The zero-order chi connectivity index (χ0) is 17.9. The number of rotatable bonds is 4. The van der Waals surface area contributed by atoms with Crippen LogP contribution in [0.2, 0.25) is 0 Å². The van der Waals surface area contributed by atoms with Gasteiger partial charge in [0.15, 0.2) is 11.5 Å². The summed E-state index contributed by atoms with van der Waals surface area (Å²) >= 11 is 0. The highest BCUT2D eigenvalue weighted by atomic mass is 16.7. The van der Waals surface area contributed by atoms with Gasteiger partial charge < -0.3 is 19.7 Å². The molecule has 1 aromatic carbocycles. The van der Waals surface area contributed by atoms with Gasteiger partial charge in [0, 0.05) is 31.5 Å². The topological polar surface area (TPSA) is 76.6 Å². The van der Waals surface area contributed by atoms with E-state index in [1.807, 2.05) is 31.2 Å². The number of benzene rings is 1. The normalized spacial score (nSPS) is 18.7. The summed E-state index contributed by atoms with van der Waals surface area (Å²) in [7, 11) is 0. The molecule has 1 unspecified atom stereocenters. The van der Waals surface area contributed by atoms with Gasteiger partial charge in [0.05, 0.1) is 5.92 Å². The minimum absolute atomic E-state index is 0.0538. The minimum Gasteiger partial charge on any atom is -0.454 e. The highest BCUT2D eigenvalue weighted by Crippen LogP contribution is 2.32. The molecule has 0 aliphatic carbocycles. The number of aromatic nitrogens is 2. The van der Waals surface area contributed by atoms with E-state index in [4.69, 9.17) is 9.47 Å². The molecule has 0 spiro atoms. The van der Waals surface area contributed by atoms with Gasteiger partial charge in [0.2, 0.25) is 18.6 Å². The predicted octanol–water partition coefficient (Wildman–Crippen LogP) is 2.05. The van der Waals surface area contributed by atoms with Gasteiger partial charge in [-0.2, -0.15) is 0 Å². The quantitative estimate of drug-likeness (QED) is 0.906. The van der Waals surface area contributed by atoms with Gasteiger partial charge in [-0.25, -0.2) is 9.97 Å². The second-order valence-corrected chi connectivity index (χ2v) is 6.69. The first-order valence-corrected chi connectivity index (χ1v) is 8.90. The second kappa shape index (κ2) is 7.19. The molecule has 2 aliphatic rings. The van der Waals surface area contributed by atoms with Crippen molar-refractivity contribution >= 4 is 11.9 Å². The summed E-state index contributed by atoms with van der Waals surface area (Å²) in [5.74, 6) is 2.21. The SMILES string of the molecule is Cc1ccnc(N2CCCC(C(=O)NCc3ccc4c(c3)OCO4)C2)n1. The van der Waals surface area contributed by atoms with Crippen LogP contribution in [0.1, 0.15) is 24.1 Å². The molecule has 7 heteroatoms. The van der Waals surface area contributed by atoms with E-state index in [0.717, 1.165) is 42.1 Å². The van der Waals surface area contributed by atoms with Crippen molar-refractivity contribution < 1.29 is 14.3 Å². The fraction of sp³-hybridized carbons (Fsp3) is 0.421. The number of amides is 1. The summed E-state index contributed by atoms with van der Waals surface area (Å²) in [6.07, 6.45) is 3.61. The molecule has 1 fully saturated rings. The molecule has 0 saturated carbocycles. The number of piperidine rings is 1. The summed E-state index contributed by atoms with van der Waals surface area (Å²) in [6, 6.07) is 7.61. The number of fused-ring (bicyclic) bond motifs is 1. The van der Waals surface area contributed by atoms with Gasteiger partial charge in [0.1, 0.15) is 0 Å². The molecular formula is C19H22N4O3. The monoisotopic (exact) mass is 354 g/mol. The fourth-order valence-corrected chi connectivity index (χ4v) is 3.35. The van der Waals surface area contributed by atoms with Crippen LogP contribution in [0.4, 0.5) is 5.95 Å². The molecule has 136 valence electrons.